The molecule has 1 N–H and O–H groups in total. The number of ether oxygens (including phenoxy) is 2. The minimum absolute atomic E-state index is 0.0288. The number of fused-ring (bicyclic) bond motifs is 2. The van der Waals surface area contributed by atoms with Gasteiger partial charge in [0.05, 0.1) is 24.7 Å². The Morgan fingerprint density at radius 1 is 1.15 bits per heavy atom. The molecule has 3 heterocycles. The zero-order valence-corrected chi connectivity index (χ0v) is 23.8. The third-order valence-electron chi connectivity index (χ3n) is 9.18. The first kappa shape index (κ1) is 29.0. The summed E-state index contributed by atoms with van der Waals surface area (Å²) in [6.07, 6.45) is 7.44. The van der Waals surface area contributed by atoms with Crippen molar-refractivity contribution in [1.82, 2.24) is 4.90 Å². The molecular formula is C33H40N2O6. The molecule has 3 saturated heterocycles. The van der Waals surface area contributed by atoms with Crippen molar-refractivity contribution in [3.63, 3.8) is 0 Å². The Kier molecular flexibility index (Phi) is 8.34. The number of rotatable bonds is 13. The number of hydrogen-bond acceptors (Lipinski definition) is 6. The highest BCUT2D eigenvalue weighted by Gasteiger charge is 2.79. The van der Waals surface area contributed by atoms with E-state index in [0.717, 1.165) is 23.6 Å². The Labute approximate surface area is 241 Å². The van der Waals surface area contributed by atoms with Gasteiger partial charge in [-0.3, -0.25) is 14.4 Å². The summed E-state index contributed by atoms with van der Waals surface area (Å²) in [7, 11) is 0. The van der Waals surface area contributed by atoms with Crippen molar-refractivity contribution in [2.24, 2.45) is 11.8 Å². The number of carbonyl (C=O) groups is 3. The molecule has 218 valence electrons. The topological polar surface area (TPSA) is 96.4 Å². The van der Waals surface area contributed by atoms with E-state index in [0.29, 0.717) is 31.4 Å². The summed E-state index contributed by atoms with van der Waals surface area (Å²) in [5.74, 6) is -2.74. The van der Waals surface area contributed by atoms with Crippen molar-refractivity contribution in [3.8, 4) is 0 Å². The van der Waals surface area contributed by atoms with E-state index in [1.807, 2.05) is 55.5 Å². The van der Waals surface area contributed by atoms with Gasteiger partial charge in [0.1, 0.15) is 17.6 Å². The average molecular weight is 561 g/mol. The van der Waals surface area contributed by atoms with Gasteiger partial charge in [-0.2, -0.15) is 0 Å². The van der Waals surface area contributed by atoms with Crippen LogP contribution in [0.4, 0.5) is 5.69 Å². The van der Waals surface area contributed by atoms with Gasteiger partial charge >= 0.3 is 5.97 Å². The number of carbonyl (C=O) groups excluding carboxylic acids is 3. The molecule has 3 aliphatic rings. The molecule has 3 fully saturated rings. The molecule has 2 aromatic carbocycles. The van der Waals surface area contributed by atoms with Crippen LogP contribution in [-0.2, 0) is 23.9 Å². The maximum atomic E-state index is 14.6. The number of benzene rings is 2. The van der Waals surface area contributed by atoms with E-state index in [-0.39, 0.29) is 38.1 Å². The highest BCUT2D eigenvalue weighted by molar-refractivity contribution is 6.05. The number of amides is 2. The lowest BCUT2D eigenvalue weighted by molar-refractivity contribution is -0.161. The predicted molar refractivity (Wildman–Crippen MR) is 157 cm³/mol. The Morgan fingerprint density at radius 2 is 1.93 bits per heavy atom. The zero-order valence-electron chi connectivity index (χ0n) is 23.8. The quantitative estimate of drug-likeness (QED) is 0.222. The monoisotopic (exact) mass is 560 g/mol. The summed E-state index contributed by atoms with van der Waals surface area (Å²) in [5.41, 5.74) is -1.37. The lowest BCUT2D eigenvalue weighted by atomic mass is 9.65. The summed E-state index contributed by atoms with van der Waals surface area (Å²) in [6, 6.07) is 12.7. The first-order chi connectivity index (χ1) is 19.9. The van der Waals surface area contributed by atoms with E-state index >= 15 is 0 Å². The van der Waals surface area contributed by atoms with Crippen LogP contribution in [0, 0.1) is 11.8 Å². The predicted octanol–water partition coefficient (Wildman–Crippen LogP) is 4.41. The number of nitrogens with zero attached hydrogens (tertiary/aromatic N) is 2. The summed E-state index contributed by atoms with van der Waals surface area (Å²) in [6.45, 7) is 9.70. The van der Waals surface area contributed by atoms with Crippen LogP contribution in [0.2, 0.25) is 0 Å². The van der Waals surface area contributed by atoms with E-state index in [9.17, 15) is 19.5 Å². The molecule has 2 aromatic rings. The van der Waals surface area contributed by atoms with E-state index in [1.54, 1.807) is 11.0 Å². The van der Waals surface area contributed by atoms with Crippen LogP contribution < -0.4 is 4.90 Å². The third kappa shape index (κ3) is 4.77. The number of likely N-dealkylation sites (tertiary alicyclic amines) is 1. The van der Waals surface area contributed by atoms with E-state index in [4.69, 9.17) is 9.47 Å². The SMILES string of the molecule is C=CCCCCOC(=O)[C@@H]1[C@H]2C(=O)N(CCO)C(C(=O)N(CC=C)c3ccc4ccccc4c3)C23CC[C@@]1(CC)O3. The number of unbranched alkanes of at least 4 members (excludes halogenated alkanes) is 2. The second kappa shape index (κ2) is 11.8. The number of allylic oxidation sites excluding steroid dienone is 1. The maximum absolute atomic E-state index is 14.6. The second-order valence-corrected chi connectivity index (χ2v) is 11.3. The van der Waals surface area contributed by atoms with Gasteiger partial charge in [-0.25, -0.2) is 0 Å². The maximum Gasteiger partial charge on any atom is 0.312 e. The lowest BCUT2D eigenvalue weighted by Gasteiger charge is -2.36. The van der Waals surface area contributed by atoms with Gasteiger partial charge in [0.15, 0.2) is 0 Å². The molecule has 0 saturated carbocycles. The van der Waals surface area contributed by atoms with Gasteiger partial charge in [0.25, 0.3) is 5.91 Å². The van der Waals surface area contributed by atoms with Crippen molar-refractivity contribution in [3.05, 3.63) is 67.8 Å². The minimum Gasteiger partial charge on any atom is -0.465 e. The molecule has 0 aromatic heterocycles. The number of β-amino-alcohol motifs (C(OH)–C–C–N with tert-alkyl or cyclic N) is 1. The second-order valence-electron chi connectivity index (χ2n) is 11.3. The fourth-order valence-corrected chi connectivity index (χ4v) is 7.30. The van der Waals surface area contributed by atoms with Crippen molar-refractivity contribution in [1.29, 1.82) is 0 Å². The summed E-state index contributed by atoms with van der Waals surface area (Å²) >= 11 is 0. The van der Waals surface area contributed by atoms with Crippen molar-refractivity contribution >= 4 is 34.2 Å². The fourth-order valence-electron chi connectivity index (χ4n) is 7.30. The van der Waals surface area contributed by atoms with Crippen LogP contribution in [-0.4, -0.2) is 71.3 Å². The van der Waals surface area contributed by atoms with Crippen LogP contribution in [0.1, 0.15) is 45.4 Å². The van der Waals surface area contributed by atoms with Gasteiger partial charge in [0, 0.05) is 18.8 Å². The van der Waals surface area contributed by atoms with Gasteiger partial charge < -0.3 is 24.4 Å². The number of hydrogen-bond donors (Lipinski definition) is 1. The normalized spacial score (nSPS) is 28.1. The average Bonchev–Trinajstić information content (AvgIpc) is 3.59. The number of esters is 1. The number of aliphatic hydroxyl groups excluding tert-OH is 1. The largest absolute Gasteiger partial charge is 0.465 e. The Bertz CT molecular complexity index is 1340. The Morgan fingerprint density at radius 3 is 2.63 bits per heavy atom. The van der Waals surface area contributed by atoms with Crippen LogP contribution in [0.5, 0.6) is 0 Å². The first-order valence-electron chi connectivity index (χ1n) is 14.7. The van der Waals surface area contributed by atoms with Crippen molar-refractivity contribution in [2.75, 3.05) is 31.2 Å². The molecule has 3 aliphatic heterocycles. The Balaban J connectivity index is 1.51. The summed E-state index contributed by atoms with van der Waals surface area (Å²) in [5, 5.41) is 12.0. The van der Waals surface area contributed by atoms with E-state index < -0.39 is 35.0 Å². The van der Waals surface area contributed by atoms with E-state index in [1.165, 1.54) is 4.90 Å². The first-order valence-corrected chi connectivity index (χ1v) is 14.7. The molecule has 0 radical (unpaired) electrons. The minimum atomic E-state index is -1.18. The van der Waals surface area contributed by atoms with E-state index in [2.05, 4.69) is 13.2 Å². The summed E-state index contributed by atoms with van der Waals surface area (Å²) < 4.78 is 12.5. The Hall–Kier alpha value is -3.49. The highest BCUT2D eigenvalue weighted by Crippen LogP contribution is 2.64. The van der Waals surface area contributed by atoms with Gasteiger partial charge in [-0.1, -0.05) is 49.4 Å². The molecule has 2 bridgehead atoms. The molecule has 0 aliphatic carbocycles. The number of anilines is 1. The highest BCUT2D eigenvalue weighted by atomic mass is 16.6. The van der Waals surface area contributed by atoms with Crippen molar-refractivity contribution in [2.45, 2.75) is 62.7 Å². The van der Waals surface area contributed by atoms with Gasteiger partial charge in [-0.15, -0.1) is 13.2 Å². The van der Waals surface area contributed by atoms with Gasteiger partial charge in [-0.05, 0) is 61.4 Å². The molecule has 41 heavy (non-hydrogen) atoms. The fraction of sp³-hybridized carbons (Fsp3) is 0.485. The molecule has 5 atom stereocenters. The van der Waals surface area contributed by atoms with Gasteiger partial charge in [0.2, 0.25) is 5.91 Å². The lowest BCUT2D eigenvalue weighted by Crippen LogP contribution is -2.56. The molecule has 2 unspecified atom stereocenters. The molecule has 1 spiro atoms. The smallest absolute Gasteiger partial charge is 0.312 e. The standard InChI is InChI=1S/C33H40N2O6/c1-4-7-8-11-21-40-31(39)27-26-29(37)35(19-20-36)28(33(26)17-16-32(27,6-3)41-33)30(38)34(18-5-2)25-15-14-23-12-9-10-13-24(23)22-25/h4-5,9-10,12-15,22,26-28,36H,1-2,6-8,11,16-21H2,3H3/t26-,27-,28?,32+,33?/m0/s1. The zero-order chi connectivity index (χ0) is 29.2. The third-order valence-corrected chi connectivity index (χ3v) is 9.18. The molecule has 5 rings (SSSR count). The van der Waals surface area contributed by atoms with Crippen LogP contribution >= 0.6 is 0 Å². The van der Waals surface area contributed by atoms with Crippen LogP contribution in [0.3, 0.4) is 0 Å². The molecule has 8 heteroatoms. The van der Waals surface area contributed by atoms with Crippen molar-refractivity contribution < 1.29 is 29.0 Å². The summed E-state index contributed by atoms with van der Waals surface area (Å²) in [4.78, 5) is 45.3. The molecule has 2 amide bonds. The van der Waals surface area contributed by atoms with Crippen LogP contribution in [0.15, 0.2) is 67.8 Å². The van der Waals surface area contributed by atoms with Crippen LogP contribution in [0.25, 0.3) is 10.8 Å². The number of aliphatic hydroxyl groups is 1. The molecule has 8 nitrogen and oxygen atoms in total. The molecular weight excluding hydrogens is 520 g/mol.